The van der Waals surface area contributed by atoms with Gasteiger partial charge in [0.25, 0.3) is 0 Å². The van der Waals surface area contributed by atoms with Gasteiger partial charge in [-0.25, -0.2) is 0 Å². The molecule has 18 heavy (non-hydrogen) atoms. The fourth-order valence-corrected chi connectivity index (χ4v) is 4.65. The first-order valence-electron chi connectivity index (χ1n) is 6.91. The molecule has 3 aliphatic rings. The minimum absolute atomic E-state index is 0.114. The van der Waals surface area contributed by atoms with Crippen molar-refractivity contribution in [1.82, 2.24) is 0 Å². The molecule has 4 bridgehead atoms. The Morgan fingerprint density at radius 1 is 1.22 bits per heavy atom. The first-order chi connectivity index (χ1) is 8.56. The van der Waals surface area contributed by atoms with Crippen LogP contribution >= 0.6 is 0 Å². The largest absolute Gasteiger partial charge is 0.294 e. The number of hydrogen-bond acceptors (Lipinski definition) is 1. The van der Waals surface area contributed by atoms with E-state index in [1.165, 1.54) is 17.5 Å². The fraction of sp³-hybridized carbons (Fsp3) is 0.471. The molecule has 0 spiro atoms. The quantitative estimate of drug-likeness (QED) is 0.674. The van der Waals surface area contributed by atoms with Gasteiger partial charge in [0.1, 0.15) is 0 Å². The summed E-state index contributed by atoms with van der Waals surface area (Å²) < 4.78 is 0. The summed E-state index contributed by atoms with van der Waals surface area (Å²) in [5.41, 5.74) is 3.81. The third kappa shape index (κ3) is 0.945. The van der Waals surface area contributed by atoms with Gasteiger partial charge in [0.2, 0.25) is 0 Å². The summed E-state index contributed by atoms with van der Waals surface area (Å²) in [6.07, 6.45) is 5.50. The molecule has 3 unspecified atom stereocenters. The van der Waals surface area contributed by atoms with E-state index in [4.69, 9.17) is 0 Å². The third-order valence-corrected chi connectivity index (χ3v) is 6.03. The van der Waals surface area contributed by atoms with E-state index in [-0.39, 0.29) is 10.8 Å². The molecular weight excluding hydrogens is 220 g/mol. The summed E-state index contributed by atoms with van der Waals surface area (Å²) in [6.45, 7) is 4.54. The zero-order valence-corrected chi connectivity index (χ0v) is 11.0. The Morgan fingerprint density at radius 2 is 2.00 bits per heavy atom. The van der Waals surface area contributed by atoms with Crippen LogP contribution in [-0.2, 0) is 11.2 Å². The maximum Gasteiger partial charge on any atom is 0.165 e. The van der Waals surface area contributed by atoms with Crippen LogP contribution in [0.2, 0.25) is 0 Å². The normalized spacial score (nSPS) is 40.4. The summed E-state index contributed by atoms with van der Waals surface area (Å²) in [7, 11) is 0. The molecule has 1 aromatic rings. The van der Waals surface area contributed by atoms with Crippen molar-refractivity contribution in [2.45, 2.75) is 33.1 Å². The molecule has 0 aromatic heterocycles. The molecule has 2 saturated carbocycles. The lowest BCUT2D eigenvalue weighted by atomic mass is 9.65. The molecular formula is C17H18O. The Bertz CT molecular complexity index is 597. The second-order valence-electron chi connectivity index (χ2n) is 6.65. The van der Waals surface area contributed by atoms with Gasteiger partial charge in [-0.1, -0.05) is 38.1 Å². The number of Topliss-reactive ketones (excluding diaryl/α,β-unsaturated/α-hetero) is 1. The number of carbonyl (C=O) groups is 1. The van der Waals surface area contributed by atoms with E-state index in [1.54, 1.807) is 0 Å². The van der Waals surface area contributed by atoms with Crippen LogP contribution in [0.25, 0.3) is 6.08 Å². The minimum atomic E-state index is -0.114. The van der Waals surface area contributed by atoms with E-state index in [0.29, 0.717) is 11.7 Å². The monoisotopic (exact) mass is 238 g/mol. The van der Waals surface area contributed by atoms with Crippen molar-refractivity contribution >= 4 is 11.9 Å². The van der Waals surface area contributed by atoms with Crippen molar-refractivity contribution in [3.05, 3.63) is 41.0 Å². The number of benzene rings is 1. The molecule has 1 nitrogen and oxygen atoms in total. The van der Waals surface area contributed by atoms with Crippen LogP contribution in [0.5, 0.6) is 0 Å². The highest BCUT2D eigenvalue weighted by atomic mass is 16.1. The number of rotatable bonds is 0. The zero-order valence-electron chi connectivity index (χ0n) is 11.0. The number of fused-ring (bicyclic) bond motifs is 1. The molecule has 0 N–H and O–H groups in total. The highest BCUT2D eigenvalue weighted by Gasteiger charge is 2.66. The SMILES string of the molecule is CC12CCC3C(=Cc4ccccc4CC31C)C2=O. The van der Waals surface area contributed by atoms with E-state index < -0.39 is 0 Å². The second kappa shape index (κ2) is 2.96. The van der Waals surface area contributed by atoms with Gasteiger partial charge in [0, 0.05) is 5.41 Å². The molecule has 0 heterocycles. The van der Waals surface area contributed by atoms with Crippen molar-refractivity contribution in [2.75, 3.05) is 0 Å². The molecule has 3 aliphatic carbocycles. The first kappa shape index (κ1) is 10.5. The molecule has 1 heteroatoms. The van der Waals surface area contributed by atoms with Gasteiger partial charge < -0.3 is 0 Å². The van der Waals surface area contributed by atoms with E-state index in [1.807, 2.05) is 0 Å². The number of carbonyl (C=O) groups excluding carboxylic acids is 1. The molecule has 0 radical (unpaired) electrons. The molecule has 2 fully saturated rings. The highest BCUT2D eigenvalue weighted by Crippen LogP contribution is 2.68. The molecule has 0 saturated heterocycles. The second-order valence-corrected chi connectivity index (χ2v) is 6.65. The standard InChI is InChI=1S/C17H18O/c1-16-8-7-14-13(15(16)18)9-11-5-3-4-6-12(11)10-17(14,16)2/h3-6,9,14H,7-8,10H2,1-2H3. The highest BCUT2D eigenvalue weighted by molar-refractivity contribution is 6.08. The number of hydrogen-bond donors (Lipinski definition) is 0. The van der Waals surface area contributed by atoms with Crippen molar-refractivity contribution in [3.63, 3.8) is 0 Å². The van der Waals surface area contributed by atoms with Crippen molar-refractivity contribution in [2.24, 2.45) is 16.7 Å². The Labute approximate surface area is 108 Å². The van der Waals surface area contributed by atoms with Crippen LogP contribution in [0.3, 0.4) is 0 Å². The smallest absolute Gasteiger partial charge is 0.165 e. The minimum Gasteiger partial charge on any atom is -0.294 e. The molecule has 0 aliphatic heterocycles. The van der Waals surface area contributed by atoms with Crippen molar-refractivity contribution < 1.29 is 4.79 Å². The Hall–Kier alpha value is -1.37. The molecule has 4 rings (SSSR count). The van der Waals surface area contributed by atoms with Gasteiger partial charge in [-0.3, -0.25) is 4.79 Å². The van der Waals surface area contributed by atoms with Crippen LogP contribution in [0.4, 0.5) is 0 Å². The Morgan fingerprint density at radius 3 is 2.83 bits per heavy atom. The topological polar surface area (TPSA) is 17.1 Å². The van der Waals surface area contributed by atoms with Gasteiger partial charge in [-0.2, -0.15) is 0 Å². The van der Waals surface area contributed by atoms with E-state index in [2.05, 4.69) is 44.2 Å². The molecule has 0 amide bonds. The van der Waals surface area contributed by atoms with E-state index in [0.717, 1.165) is 18.4 Å². The van der Waals surface area contributed by atoms with E-state index >= 15 is 0 Å². The number of allylic oxidation sites excluding steroid dienone is 1. The number of ketones is 1. The van der Waals surface area contributed by atoms with Crippen LogP contribution in [0, 0.1) is 16.7 Å². The average Bonchev–Trinajstić information content (AvgIpc) is 2.62. The summed E-state index contributed by atoms with van der Waals surface area (Å²) in [5, 5.41) is 0. The summed E-state index contributed by atoms with van der Waals surface area (Å²) >= 11 is 0. The average molecular weight is 238 g/mol. The summed E-state index contributed by atoms with van der Waals surface area (Å²) in [4.78, 5) is 12.7. The molecule has 3 atom stereocenters. The van der Waals surface area contributed by atoms with Crippen molar-refractivity contribution in [3.8, 4) is 0 Å². The summed E-state index contributed by atoms with van der Waals surface area (Å²) in [5.74, 6) is 0.915. The van der Waals surface area contributed by atoms with Crippen molar-refractivity contribution in [1.29, 1.82) is 0 Å². The predicted molar refractivity (Wildman–Crippen MR) is 72.1 cm³/mol. The fourth-order valence-electron chi connectivity index (χ4n) is 4.65. The maximum atomic E-state index is 12.7. The molecule has 92 valence electrons. The Kier molecular flexibility index (Phi) is 1.73. The van der Waals surface area contributed by atoms with Crippen LogP contribution < -0.4 is 0 Å². The predicted octanol–water partition coefficient (Wildman–Crippen LogP) is 3.63. The zero-order chi connectivity index (χ0) is 12.5. The van der Waals surface area contributed by atoms with Gasteiger partial charge in [-0.05, 0) is 53.4 Å². The summed E-state index contributed by atoms with van der Waals surface area (Å²) in [6, 6.07) is 8.56. The van der Waals surface area contributed by atoms with E-state index in [9.17, 15) is 4.79 Å². The Balaban J connectivity index is 2.02. The first-order valence-corrected chi connectivity index (χ1v) is 6.91. The van der Waals surface area contributed by atoms with Gasteiger partial charge >= 0.3 is 0 Å². The lowest BCUT2D eigenvalue weighted by Crippen LogP contribution is -2.37. The maximum absolute atomic E-state index is 12.7. The van der Waals surface area contributed by atoms with Gasteiger partial charge in [-0.15, -0.1) is 0 Å². The van der Waals surface area contributed by atoms with Crippen LogP contribution in [0.15, 0.2) is 29.8 Å². The van der Waals surface area contributed by atoms with Crippen LogP contribution in [-0.4, -0.2) is 5.78 Å². The van der Waals surface area contributed by atoms with Gasteiger partial charge in [0.05, 0.1) is 0 Å². The molecule has 1 aromatic carbocycles. The lowest BCUT2D eigenvalue weighted by Gasteiger charge is -2.36. The third-order valence-electron chi connectivity index (χ3n) is 6.03. The lowest BCUT2D eigenvalue weighted by molar-refractivity contribution is -0.125. The van der Waals surface area contributed by atoms with Gasteiger partial charge in [0.15, 0.2) is 5.78 Å². The van der Waals surface area contributed by atoms with Crippen LogP contribution in [0.1, 0.15) is 37.8 Å².